The van der Waals surface area contributed by atoms with Gasteiger partial charge >= 0.3 is 39.9 Å². The van der Waals surface area contributed by atoms with Crippen LogP contribution >= 0.6 is 0 Å². The molecular weight excluding hydrogens is 153 g/mol. The first-order chi connectivity index (χ1) is 3.56. The Morgan fingerprint density at radius 2 is 2.00 bits per heavy atom. The van der Waals surface area contributed by atoms with Gasteiger partial charge in [0.2, 0.25) is 0 Å². The maximum absolute atomic E-state index is 9.83. The molecule has 0 amide bonds. The average Bonchev–Trinajstić information content (AvgIpc) is 1.59. The van der Waals surface area contributed by atoms with E-state index in [1.807, 2.05) is 4.72 Å². The van der Waals surface area contributed by atoms with Gasteiger partial charge in [-0.25, -0.2) is 0 Å². The number of nitrogens with one attached hydrogen (secondary N) is 1. The van der Waals surface area contributed by atoms with Crippen LogP contribution in [0.25, 0.3) is 0 Å². The molecule has 0 aliphatic rings. The van der Waals surface area contributed by atoms with E-state index >= 15 is 0 Å². The van der Waals surface area contributed by atoms with E-state index in [0.29, 0.717) is 13.0 Å². The molecule has 0 atom stereocenters. The van der Waals surface area contributed by atoms with Gasteiger partial charge in [-0.1, -0.05) is 6.92 Å². The SMILES string of the molecule is CCCNS(=O)(=O)O.[NaH]. The van der Waals surface area contributed by atoms with Crippen LogP contribution in [-0.2, 0) is 10.3 Å². The molecule has 0 saturated heterocycles. The third-order valence-corrected chi connectivity index (χ3v) is 1.10. The van der Waals surface area contributed by atoms with Crippen LogP contribution in [0.1, 0.15) is 13.3 Å². The monoisotopic (exact) mass is 163 g/mol. The van der Waals surface area contributed by atoms with Crippen LogP contribution in [0.15, 0.2) is 0 Å². The van der Waals surface area contributed by atoms with Gasteiger partial charge in [-0.2, -0.15) is 13.1 Å². The zero-order valence-electron chi connectivity index (χ0n) is 4.59. The van der Waals surface area contributed by atoms with E-state index in [2.05, 4.69) is 0 Å². The summed E-state index contributed by atoms with van der Waals surface area (Å²) < 4.78 is 29.6. The van der Waals surface area contributed by atoms with Crippen LogP contribution in [0.5, 0.6) is 0 Å². The van der Waals surface area contributed by atoms with Gasteiger partial charge in [-0.15, -0.1) is 0 Å². The molecule has 52 valence electrons. The van der Waals surface area contributed by atoms with Crippen LogP contribution in [0, 0.1) is 0 Å². The van der Waals surface area contributed by atoms with Crippen LogP contribution in [0.2, 0.25) is 0 Å². The molecule has 0 aromatic heterocycles. The number of hydrogen-bond donors (Lipinski definition) is 2. The Kier molecular flexibility index (Phi) is 7.86. The average molecular weight is 163 g/mol. The molecule has 0 aliphatic carbocycles. The fraction of sp³-hybridized carbons (Fsp3) is 1.00. The Morgan fingerprint density at radius 1 is 1.56 bits per heavy atom. The Bertz CT molecular complexity index is 143. The van der Waals surface area contributed by atoms with Crippen molar-refractivity contribution >= 4 is 39.9 Å². The molecule has 4 nitrogen and oxygen atoms in total. The molecule has 0 aromatic rings. The van der Waals surface area contributed by atoms with Crippen molar-refractivity contribution in [1.82, 2.24) is 4.72 Å². The van der Waals surface area contributed by atoms with E-state index < -0.39 is 10.3 Å². The van der Waals surface area contributed by atoms with Crippen LogP contribution in [0.3, 0.4) is 0 Å². The van der Waals surface area contributed by atoms with E-state index in [0.717, 1.165) is 0 Å². The topological polar surface area (TPSA) is 66.4 Å². The second kappa shape index (κ2) is 5.64. The van der Waals surface area contributed by atoms with Gasteiger partial charge < -0.3 is 0 Å². The Hall–Kier alpha value is 0.870. The van der Waals surface area contributed by atoms with Gasteiger partial charge in [-0.05, 0) is 6.42 Å². The summed E-state index contributed by atoms with van der Waals surface area (Å²) in [7, 11) is -3.94. The second-order valence-electron chi connectivity index (χ2n) is 1.37. The Morgan fingerprint density at radius 3 is 2.11 bits per heavy atom. The van der Waals surface area contributed by atoms with Gasteiger partial charge in [0.1, 0.15) is 0 Å². The molecule has 0 unspecified atom stereocenters. The standard InChI is InChI=1S/C3H9NO3S.Na.H/c1-2-3-4-8(5,6)7;;/h4H,2-3H2,1H3,(H,5,6,7);;. The van der Waals surface area contributed by atoms with Gasteiger partial charge in [0.15, 0.2) is 0 Å². The van der Waals surface area contributed by atoms with Gasteiger partial charge in [-0.3, -0.25) is 4.55 Å². The van der Waals surface area contributed by atoms with Crippen molar-refractivity contribution in [3.63, 3.8) is 0 Å². The van der Waals surface area contributed by atoms with Crippen molar-refractivity contribution in [3.8, 4) is 0 Å². The summed E-state index contributed by atoms with van der Waals surface area (Å²) in [5, 5.41) is 0. The summed E-state index contributed by atoms with van der Waals surface area (Å²) in [6, 6.07) is 0. The van der Waals surface area contributed by atoms with Gasteiger partial charge in [0.25, 0.3) is 0 Å². The molecular formula is C3H10NNaO3S. The summed E-state index contributed by atoms with van der Waals surface area (Å²) in [6.07, 6.45) is 0.680. The number of hydrogen-bond acceptors (Lipinski definition) is 2. The summed E-state index contributed by atoms with van der Waals surface area (Å²) >= 11 is 0. The Labute approximate surface area is 77.2 Å². The van der Waals surface area contributed by atoms with Crippen LogP contribution in [-0.4, -0.2) is 49.1 Å². The first kappa shape index (κ1) is 12.5. The molecule has 0 spiro atoms. The van der Waals surface area contributed by atoms with E-state index in [9.17, 15) is 8.42 Å². The third kappa shape index (κ3) is 12.1. The fourth-order valence-corrected chi connectivity index (χ4v) is 0.693. The normalized spacial score (nSPS) is 10.4. The third-order valence-electron chi connectivity index (χ3n) is 0.534. The zero-order chi connectivity index (χ0) is 6.62. The van der Waals surface area contributed by atoms with Crippen LogP contribution < -0.4 is 4.72 Å². The van der Waals surface area contributed by atoms with Crippen molar-refractivity contribution < 1.29 is 13.0 Å². The number of rotatable bonds is 3. The molecule has 0 aromatic carbocycles. The van der Waals surface area contributed by atoms with Crippen molar-refractivity contribution in [2.24, 2.45) is 0 Å². The van der Waals surface area contributed by atoms with Crippen molar-refractivity contribution in [2.75, 3.05) is 6.54 Å². The van der Waals surface area contributed by atoms with Gasteiger partial charge in [0, 0.05) is 6.54 Å². The summed E-state index contributed by atoms with van der Waals surface area (Å²) in [4.78, 5) is 0. The quantitative estimate of drug-likeness (QED) is 0.420. The summed E-state index contributed by atoms with van der Waals surface area (Å²) in [5.74, 6) is 0. The Balaban J connectivity index is 0. The van der Waals surface area contributed by atoms with Gasteiger partial charge in [0.05, 0.1) is 0 Å². The molecule has 2 N–H and O–H groups in total. The predicted octanol–water partition coefficient (Wildman–Crippen LogP) is -0.860. The van der Waals surface area contributed by atoms with E-state index in [1.54, 1.807) is 6.92 Å². The first-order valence-corrected chi connectivity index (χ1v) is 3.72. The maximum atomic E-state index is 9.83. The molecule has 0 aliphatic heterocycles. The van der Waals surface area contributed by atoms with E-state index in [-0.39, 0.29) is 29.6 Å². The van der Waals surface area contributed by atoms with Crippen molar-refractivity contribution in [3.05, 3.63) is 0 Å². The molecule has 0 heterocycles. The molecule has 0 bridgehead atoms. The minimum absolute atomic E-state index is 0. The van der Waals surface area contributed by atoms with E-state index in [4.69, 9.17) is 4.55 Å². The fourth-order valence-electron chi connectivity index (χ4n) is 0.231. The molecule has 0 radical (unpaired) electrons. The predicted molar refractivity (Wildman–Crippen MR) is 37.0 cm³/mol. The first-order valence-electron chi connectivity index (χ1n) is 2.28. The summed E-state index contributed by atoms with van der Waals surface area (Å²) in [5.41, 5.74) is 0. The van der Waals surface area contributed by atoms with Crippen LogP contribution in [0.4, 0.5) is 0 Å². The molecule has 0 rings (SSSR count). The van der Waals surface area contributed by atoms with Crippen molar-refractivity contribution in [2.45, 2.75) is 13.3 Å². The van der Waals surface area contributed by atoms with Crippen molar-refractivity contribution in [1.29, 1.82) is 0 Å². The molecule has 9 heavy (non-hydrogen) atoms. The summed E-state index contributed by atoms with van der Waals surface area (Å²) in [6.45, 7) is 2.09. The minimum atomic E-state index is -3.94. The van der Waals surface area contributed by atoms with E-state index in [1.165, 1.54) is 0 Å². The molecule has 6 heteroatoms. The molecule has 0 saturated carbocycles. The second-order valence-corrected chi connectivity index (χ2v) is 2.61. The zero-order valence-corrected chi connectivity index (χ0v) is 5.40. The molecule has 0 fully saturated rings.